The predicted octanol–water partition coefficient (Wildman–Crippen LogP) is 2.98. The van der Waals surface area contributed by atoms with E-state index < -0.39 is 0 Å². The van der Waals surface area contributed by atoms with Crippen molar-refractivity contribution in [2.45, 2.75) is 26.2 Å². The molecule has 0 bridgehead atoms. The summed E-state index contributed by atoms with van der Waals surface area (Å²) in [6.07, 6.45) is 3.25. The first-order valence-corrected chi connectivity index (χ1v) is 5.72. The number of hydrogen-bond donors (Lipinski definition) is 1. The quantitative estimate of drug-likeness (QED) is 0.613. The minimum Gasteiger partial charge on any atom is -0.385 e. The molecule has 0 saturated heterocycles. The minimum atomic E-state index is -0.304. The molecule has 1 aromatic carbocycles. The molecule has 0 aliphatic heterocycles. The van der Waals surface area contributed by atoms with Crippen LogP contribution < -0.4 is 5.32 Å². The molecule has 2 rings (SSSR count). The van der Waals surface area contributed by atoms with Gasteiger partial charge >= 0.3 is 0 Å². The van der Waals surface area contributed by atoms with Gasteiger partial charge in [0, 0.05) is 23.9 Å². The first kappa shape index (κ1) is 10.9. The van der Waals surface area contributed by atoms with Crippen LogP contribution >= 0.6 is 0 Å². The molecule has 1 fully saturated rings. The molecule has 0 unspecified atom stereocenters. The Morgan fingerprint density at radius 1 is 1.50 bits per heavy atom. The van der Waals surface area contributed by atoms with E-state index in [1.807, 2.05) is 19.1 Å². The largest absolute Gasteiger partial charge is 0.385 e. The van der Waals surface area contributed by atoms with Crippen LogP contribution in [-0.4, -0.2) is 11.5 Å². The maximum absolute atomic E-state index is 10.9. The second-order valence-electron chi connectivity index (χ2n) is 4.28. The van der Waals surface area contributed by atoms with Gasteiger partial charge in [0.05, 0.1) is 4.92 Å². The van der Waals surface area contributed by atoms with E-state index in [-0.39, 0.29) is 10.6 Å². The van der Waals surface area contributed by atoms with Crippen molar-refractivity contribution in [1.82, 2.24) is 0 Å². The van der Waals surface area contributed by atoms with Crippen LogP contribution in [0.25, 0.3) is 0 Å². The minimum absolute atomic E-state index is 0.225. The normalized spacial score (nSPS) is 14.8. The summed E-state index contributed by atoms with van der Waals surface area (Å²) in [5.41, 5.74) is 1.88. The molecule has 0 amide bonds. The van der Waals surface area contributed by atoms with Gasteiger partial charge in [-0.15, -0.1) is 0 Å². The molecule has 86 valence electrons. The monoisotopic (exact) mass is 220 g/mol. The smallest absolute Gasteiger partial charge is 0.274 e. The van der Waals surface area contributed by atoms with E-state index in [0.29, 0.717) is 6.42 Å². The highest BCUT2D eigenvalue weighted by Gasteiger charge is 2.21. The molecule has 0 spiro atoms. The summed E-state index contributed by atoms with van der Waals surface area (Å²) in [4.78, 5) is 10.6. The second kappa shape index (κ2) is 4.51. The summed E-state index contributed by atoms with van der Waals surface area (Å²) in [6.45, 7) is 2.86. The van der Waals surface area contributed by atoms with Gasteiger partial charge < -0.3 is 5.32 Å². The SMILES string of the molecule is CCc1ccc(NCC2CC2)cc1[N+](=O)[O-]. The zero-order valence-corrected chi connectivity index (χ0v) is 9.40. The zero-order chi connectivity index (χ0) is 11.5. The van der Waals surface area contributed by atoms with E-state index in [9.17, 15) is 10.1 Å². The van der Waals surface area contributed by atoms with E-state index >= 15 is 0 Å². The van der Waals surface area contributed by atoms with E-state index in [0.717, 1.165) is 23.7 Å². The fraction of sp³-hybridized carbons (Fsp3) is 0.500. The number of rotatable bonds is 5. The summed E-state index contributed by atoms with van der Waals surface area (Å²) < 4.78 is 0. The van der Waals surface area contributed by atoms with Gasteiger partial charge in [0.2, 0.25) is 0 Å². The average molecular weight is 220 g/mol. The Morgan fingerprint density at radius 2 is 2.25 bits per heavy atom. The van der Waals surface area contributed by atoms with Crippen molar-refractivity contribution in [3.63, 3.8) is 0 Å². The van der Waals surface area contributed by atoms with Crippen molar-refractivity contribution >= 4 is 11.4 Å². The van der Waals surface area contributed by atoms with Crippen molar-refractivity contribution < 1.29 is 4.92 Å². The lowest BCUT2D eigenvalue weighted by Gasteiger charge is -2.06. The van der Waals surface area contributed by atoms with Crippen LogP contribution in [0.15, 0.2) is 18.2 Å². The predicted molar refractivity (Wildman–Crippen MR) is 63.7 cm³/mol. The first-order chi connectivity index (χ1) is 7.70. The van der Waals surface area contributed by atoms with E-state index in [2.05, 4.69) is 5.32 Å². The molecular weight excluding hydrogens is 204 g/mol. The molecule has 16 heavy (non-hydrogen) atoms. The van der Waals surface area contributed by atoms with Gasteiger partial charge in [0.25, 0.3) is 5.69 Å². The number of nitro groups is 1. The van der Waals surface area contributed by atoms with Gasteiger partial charge in [0.1, 0.15) is 0 Å². The molecule has 1 aliphatic rings. The molecule has 1 aromatic rings. The summed E-state index contributed by atoms with van der Waals surface area (Å²) in [5, 5.41) is 14.1. The van der Waals surface area contributed by atoms with Crippen LogP contribution in [0.5, 0.6) is 0 Å². The number of anilines is 1. The molecule has 1 aliphatic carbocycles. The lowest BCUT2D eigenvalue weighted by molar-refractivity contribution is -0.385. The molecule has 0 radical (unpaired) electrons. The van der Waals surface area contributed by atoms with Crippen LogP contribution in [0, 0.1) is 16.0 Å². The summed E-state index contributed by atoms with van der Waals surface area (Å²) in [6, 6.07) is 5.41. The van der Waals surface area contributed by atoms with Crippen molar-refractivity contribution in [1.29, 1.82) is 0 Å². The number of nitrogens with zero attached hydrogens (tertiary/aromatic N) is 1. The van der Waals surface area contributed by atoms with Gasteiger partial charge in [-0.1, -0.05) is 13.0 Å². The molecule has 0 atom stereocenters. The highest BCUT2D eigenvalue weighted by atomic mass is 16.6. The van der Waals surface area contributed by atoms with Crippen LogP contribution in [0.3, 0.4) is 0 Å². The van der Waals surface area contributed by atoms with Gasteiger partial charge in [-0.3, -0.25) is 10.1 Å². The summed E-state index contributed by atoms with van der Waals surface area (Å²) in [5.74, 6) is 0.768. The van der Waals surface area contributed by atoms with Crippen LogP contribution in [0.2, 0.25) is 0 Å². The Balaban J connectivity index is 2.13. The van der Waals surface area contributed by atoms with Gasteiger partial charge in [-0.25, -0.2) is 0 Å². The molecule has 1 saturated carbocycles. The Labute approximate surface area is 94.8 Å². The molecule has 0 heterocycles. The number of nitrogens with one attached hydrogen (secondary N) is 1. The van der Waals surface area contributed by atoms with Gasteiger partial charge in [-0.2, -0.15) is 0 Å². The first-order valence-electron chi connectivity index (χ1n) is 5.72. The van der Waals surface area contributed by atoms with E-state index in [1.54, 1.807) is 6.07 Å². The van der Waals surface area contributed by atoms with Gasteiger partial charge in [-0.05, 0) is 31.2 Å². The maximum atomic E-state index is 10.9. The third kappa shape index (κ3) is 2.51. The van der Waals surface area contributed by atoms with Crippen LogP contribution in [0.1, 0.15) is 25.3 Å². The Kier molecular flexibility index (Phi) is 3.08. The lowest BCUT2D eigenvalue weighted by Crippen LogP contribution is -2.04. The third-order valence-corrected chi connectivity index (χ3v) is 2.95. The Morgan fingerprint density at radius 3 is 2.81 bits per heavy atom. The molecule has 4 nitrogen and oxygen atoms in total. The molecule has 1 N–H and O–H groups in total. The summed E-state index contributed by atoms with van der Waals surface area (Å²) >= 11 is 0. The Bertz CT molecular complexity index is 400. The van der Waals surface area contributed by atoms with Crippen molar-refractivity contribution in [2.75, 3.05) is 11.9 Å². The fourth-order valence-electron chi connectivity index (χ4n) is 1.73. The lowest BCUT2D eigenvalue weighted by atomic mass is 10.1. The second-order valence-corrected chi connectivity index (χ2v) is 4.28. The average Bonchev–Trinajstić information content (AvgIpc) is 3.09. The van der Waals surface area contributed by atoms with Crippen molar-refractivity contribution in [3.8, 4) is 0 Å². The number of aryl methyl sites for hydroxylation is 1. The number of hydrogen-bond acceptors (Lipinski definition) is 3. The summed E-state index contributed by atoms with van der Waals surface area (Å²) in [7, 11) is 0. The topological polar surface area (TPSA) is 55.2 Å². The van der Waals surface area contributed by atoms with Crippen molar-refractivity contribution in [3.05, 3.63) is 33.9 Å². The Hall–Kier alpha value is -1.58. The maximum Gasteiger partial charge on any atom is 0.274 e. The number of nitro benzene ring substituents is 1. The van der Waals surface area contributed by atoms with Crippen LogP contribution in [-0.2, 0) is 6.42 Å². The van der Waals surface area contributed by atoms with Crippen LogP contribution in [0.4, 0.5) is 11.4 Å². The fourth-order valence-corrected chi connectivity index (χ4v) is 1.73. The highest BCUT2D eigenvalue weighted by Crippen LogP contribution is 2.30. The number of benzene rings is 1. The standard InChI is InChI=1S/C12H16N2O2/c1-2-10-5-6-11(7-12(10)14(15)16)13-8-9-3-4-9/h5-7,9,13H,2-4,8H2,1H3. The zero-order valence-electron chi connectivity index (χ0n) is 9.40. The van der Waals surface area contributed by atoms with Crippen molar-refractivity contribution in [2.24, 2.45) is 5.92 Å². The van der Waals surface area contributed by atoms with Gasteiger partial charge in [0.15, 0.2) is 0 Å². The van der Waals surface area contributed by atoms with E-state index in [4.69, 9.17) is 0 Å². The molecule has 0 aromatic heterocycles. The van der Waals surface area contributed by atoms with E-state index in [1.165, 1.54) is 12.8 Å². The molecule has 4 heteroatoms. The third-order valence-electron chi connectivity index (χ3n) is 2.95. The highest BCUT2D eigenvalue weighted by molar-refractivity contribution is 5.55. The molecular formula is C12H16N2O2.